The highest BCUT2D eigenvalue weighted by atomic mass is 19.1. The molecular formula is C5H7FO3. The van der Waals surface area contributed by atoms with E-state index in [-0.39, 0.29) is 6.42 Å². The molecule has 0 bridgehead atoms. The van der Waals surface area contributed by atoms with Crippen LogP contribution in [0.3, 0.4) is 0 Å². The first kappa shape index (κ1) is 8.07. The molecule has 9 heavy (non-hydrogen) atoms. The second kappa shape index (κ2) is 3.17. The summed E-state index contributed by atoms with van der Waals surface area (Å²) in [7, 11) is 0. The lowest BCUT2D eigenvalue weighted by atomic mass is 10.1. The van der Waals surface area contributed by atoms with Crippen molar-refractivity contribution < 1.29 is 19.1 Å². The van der Waals surface area contributed by atoms with Crippen LogP contribution in [0.5, 0.6) is 0 Å². The van der Waals surface area contributed by atoms with Gasteiger partial charge < -0.3 is 5.11 Å². The summed E-state index contributed by atoms with van der Waals surface area (Å²) >= 11 is 0. The fourth-order valence-electron chi connectivity index (χ4n) is 0.432. The van der Waals surface area contributed by atoms with Crippen molar-refractivity contribution >= 4 is 12.0 Å². The number of halogens is 1. The van der Waals surface area contributed by atoms with Gasteiger partial charge in [-0.15, -0.1) is 0 Å². The number of aliphatic carboxylic acids is 1. The van der Waals surface area contributed by atoms with E-state index < -0.39 is 17.9 Å². The van der Waals surface area contributed by atoms with Gasteiger partial charge in [0.2, 0.25) is 0 Å². The van der Waals surface area contributed by atoms with E-state index in [0.717, 1.165) is 0 Å². The number of rotatable bonds is 3. The molecule has 0 aromatic heterocycles. The maximum Gasteiger partial charge on any atom is 0.316 e. The molecule has 0 fully saturated rings. The van der Waals surface area contributed by atoms with Gasteiger partial charge in [0.05, 0.1) is 0 Å². The van der Waals surface area contributed by atoms with E-state index in [9.17, 15) is 14.0 Å². The third-order valence-electron chi connectivity index (χ3n) is 0.980. The molecular weight excluding hydrogens is 127 g/mol. The zero-order chi connectivity index (χ0) is 7.44. The van der Waals surface area contributed by atoms with Gasteiger partial charge in [-0.25, -0.2) is 0 Å². The summed E-state index contributed by atoms with van der Waals surface area (Å²) in [6, 6.07) is -1.77. The van der Waals surface area contributed by atoms with Gasteiger partial charge >= 0.3 is 12.0 Å². The van der Waals surface area contributed by atoms with E-state index in [2.05, 4.69) is 0 Å². The van der Waals surface area contributed by atoms with Crippen molar-refractivity contribution in [1.29, 1.82) is 0 Å². The molecule has 52 valence electrons. The number of carboxylic acids is 1. The fraction of sp³-hybridized carbons (Fsp3) is 0.600. The molecule has 1 atom stereocenters. The first-order chi connectivity index (χ1) is 4.09. The molecule has 0 saturated carbocycles. The van der Waals surface area contributed by atoms with Gasteiger partial charge in [-0.1, -0.05) is 6.92 Å². The van der Waals surface area contributed by atoms with E-state index in [4.69, 9.17) is 5.11 Å². The summed E-state index contributed by atoms with van der Waals surface area (Å²) in [6.45, 7) is 1.44. The first-order valence-electron chi connectivity index (χ1n) is 2.51. The summed E-state index contributed by atoms with van der Waals surface area (Å²) in [4.78, 5) is 19.7. The molecule has 4 heteroatoms. The second-order valence-corrected chi connectivity index (χ2v) is 1.60. The molecule has 0 amide bonds. The molecule has 0 aliphatic heterocycles. The molecule has 1 N–H and O–H groups in total. The topological polar surface area (TPSA) is 54.4 Å². The number of carbonyl (C=O) groups excluding carboxylic acids is 1. The largest absolute Gasteiger partial charge is 0.481 e. The van der Waals surface area contributed by atoms with E-state index in [1.54, 1.807) is 0 Å². The van der Waals surface area contributed by atoms with Gasteiger partial charge in [0.25, 0.3) is 0 Å². The van der Waals surface area contributed by atoms with E-state index in [1.807, 2.05) is 0 Å². The van der Waals surface area contributed by atoms with Crippen molar-refractivity contribution in [2.45, 2.75) is 13.3 Å². The number of carbonyl (C=O) groups is 2. The third kappa shape index (κ3) is 2.21. The Kier molecular flexibility index (Phi) is 2.84. The van der Waals surface area contributed by atoms with Crippen LogP contribution in [0.4, 0.5) is 4.39 Å². The summed E-state index contributed by atoms with van der Waals surface area (Å²) in [6.07, 6.45) is 0.00463. The van der Waals surface area contributed by atoms with Crippen molar-refractivity contribution in [3.05, 3.63) is 0 Å². The van der Waals surface area contributed by atoms with Crippen molar-refractivity contribution in [2.24, 2.45) is 5.92 Å². The first-order valence-corrected chi connectivity index (χ1v) is 2.51. The molecule has 0 spiro atoms. The molecule has 3 nitrogen and oxygen atoms in total. The lowest BCUT2D eigenvalue weighted by Gasteiger charge is -1.98. The molecule has 0 radical (unpaired) electrons. The van der Waals surface area contributed by atoms with Crippen LogP contribution in [0.25, 0.3) is 0 Å². The molecule has 0 saturated heterocycles. The van der Waals surface area contributed by atoms with E-state index >= 15 is 0 Å². The average Bonchev–Trinajstić information content (AvgIpc) is 1.64. The van der Waals surface area contributed by atoms with Gasteiger partial charge in [-0.05, 0) is 6.42 Å². The van der Waals surface area contributed by atoms with Gasteiger partial charge in [0, 0.05) is 0 Å². The lowest BCUT2D eigenvalue weighted by molar-refractivity contribution is -0.150. The van der Waals surface area contributed by atoms with Crippen molar-refractivity contribution in [3.63, 3.8) is 0 Å². The van der Waals surface area contributed by atoms with Crippen LogP contribution in [0, 0.1) is 5.92 Å². The molecule has 0 aliphatic carbocycles. The summed E-state index contributed by atoms with van der Waals surface area (Å²) < 4.78 is 11.6. The highest BCUT2D eigenvalue weighted by molar-refractivity contribution is 5.93. The Morgan fingerprint density at radius 3 is 2.11 bits per heavy atom. The number of hydrogen-bond donors (Lipinski definition) is 1. The summed E-state index contributed by atoms with van der Waals surface area (Å²) in [5, 5.41) is 8.08. The maximum atomic E-state index is 11.6. The van der Waals surface area contributed by atoms with Crippen LogP contribution in [0.15, 0.2) is 0 Å². The minimum Gasteiger partial charge on any atom is -0.481 e. The van der Waals surface area contributed by atoms with Crippen LogP contribution >= 0.6 is 0 Å². The standard InChI is InChI=1S/C5H7FO3/c1-2-3(4(6)7)5(8)9/h3H,2H2,1H3,(H,8,9). The summed E-state index contributed by atoms with van der Waals surface area (Å²) in [5.74, 6) is -2.87. The minimum absolute atomic E-state index is 0.00463. The van der Waals surface area contributed by atoms with E-state index in [0.29, 0.717) is 0 Å². The molecule has 0 heterocycles. The van der Waals surface area contributed by atoms with Crippen LogP contribution in [0.2, 0.25) is 0 Å². The van der Waals surface area contributed by atoms with Gasteiger partial charge in [-0.2, -0.15) is 4.39 Å². The minimum atomic E-state index is -1.77. The predicted molar refractivity (Wildman–Crippen MR) is 27.5 cm³/mol. The second-order valence-electron chi connectivity index (χ2n) is 1.60. The SMILES string of the molecule is CCC(C(=O)O)C(=O)F. The Bertz CT molecular complexity index is 118. The predicted octanol–water partition coefficient (Wildman–Crippen LogP) is 0.593. The van der Waals surface area contributed by atoms with Crippen molar-refractivity contribution in [1.82, 2.24) is 0 Å². The zero-order valence-electron chi connectivity index (χ0n) is 4.93. The average molecular weight is 134 g/mol. The highest BCUT2D eigenvalue weighted by Gasteiger charge is 2.23. The normalized spacial score (nSPS) is 12.7. The number of carboxylic acid groups (broad SMARTS) is 1. The molecule has 1 unspecified atom stereocenters. The molecule has 0 aromatic rings. The Hall–Kier alpha value is -0.930. The van der Waals surface area contributed by atoms with Crippen LogP contribution < -0.4 is 0 Å². The quantitative estimate of drug-likeness (QED) is 0.454. The van der Waals surface area contributed by atoms with Crippen molar-refractivity contribution in [2.75, 3.05) is 0 Å². The molecule has 0 aliphatic rings. The smallest absolute Gasteiger partial charge is 0.316 e. The Labute approximate surface area is 51.5 Å². The molecule has 0 aromatic carbocycles. The van der Waals surface area contributed by atoms with E-state index in [1.165, 1.54) is 6.92 Å². The monoisotopic (exact) mass is 134 g/mol. The maximum absolute atomic E-state index is 11.6. The van der Waals surface area contributed by atoms with Gasteiger partial charge in [-0.3, -0.25) is 9.59 Å². The summed E-state index contributed by atoms with van der Waals surface area (Å²) in [5.41, 5.74) is 0. The highest BCUT2D eigenvalue weighted by Crippen LogP contribution is 2.03. The number of hydrogen-bond acceptors (Lipinski definition) is 2. The van der Waals surface area contributed by atoms with Crippen LogP contribution in [-0.2, 0) is 9.59 Å². The van der Waals surface area contributed by atoms with Crippen molar-refractivity contribution in [3.8, 4) is 0 Å². The lowest BCUT2D eigenvalue weighted by Crippen LogP contribution is -2.19. The fourth-order valence-corrected chi connectivity index (χ4v) is 0.432. The molecule has 0 rings (SSSR count). The van der Waals surface area contributed by atoms with Gasteiger partial charge in [0.1, 0.15) is 5.92 Å². The van der Waals surface area contributed by atoms with Gasteiger partial charge in [0.15, 0.2) is 0 Å². The Morgan fingerprint density at radius 2 is 2.11 bits per heavy atom. The Morgan fingerprint density at radius 1 is 1.67 bits per heavy atom. The van der Waals surface area contributed by atoms with Crippen LogP contribution in [0.1, 0.15) is 13.3 Å². The Balaban J connectivity index is 3.99. The van der Waals surface area contributed by atoms with Crippen LogP contribution in [-0.4, -0.2) is 17.1 Å². The zero-order valence-corrected chi connectivity index (χ0v) is 4.93. The third-order valence-corrected chi connectivity index (χ3v) is 0.980.